The minimum atomic E-state index is 0. The van der Waals surface area contributed by atoms with Gasteiger partial charge in [0.1, 0.15) is 10.8 Å². The summed E-state index contributed by atoms with van der Waals surface area (Å²) in [6.07, 6.45) is 1.75. The summed E-state index contributed by atoms with van der Waals surface area (Å²) in [6, 6.07) is 1.94. The van der Waals surface area contributed by atoms with Crippen molar-refractivity contribution in [1.82, 2.24) is 4.98 Å². The number of hydrogen-bond donors (Lipinski definition) is 2. The Morgan fingerprint density at radius 2 is 2.14 bits per heavy atom. The lowest BCUT2D eigenvalue weighted by Crippen LogP contribution is -2.09. The van der Waals surface area contributed by atoms with Gasteiger partial charge in [-0.1, -0.05) is 0 Å². The lowest BCUT2D eigenvalue weighted by molar-refractivity contribution is 1.41. The predicted octanol–water partition coefficient (Wildman–Crippen LogP) is 2.58. The third-order valence-electron chi connectivity index (χ3n) is 1.57. The second kappa shape index (κ2) is 4.54. The molecule has 14 heavy (non-hydrogen) atoms. The fourth-order valence-corrected chi connectivity index (χ4v) is 2.54. The van der Waals surface area contributed by atoms with Crippen molar-refractivity contribution in [2.75, 3.05) is 0 Å². The second-order valence-corrected chi connectivity index (χ2v) is 4.23. The van der Waals surface area contributed by atoms with E-state index in [0.717, 1.165) is 15.4 Å². The van der Waals surface area contributed by atoms with Crippen molar-refractivity contribution in [3.8, 4) is 10.6 Å². The van der Waals surface area contributed by atoms with Crippen LogP contribution in [0.2, 0.25) is 0 Å². The van der Waals surface area contributed by atoms with Gasteiger partial charge in [-0.15, -0.1) is 35.1 Å². The number of nitrogens with one attached hydrogen (secondary N) is 1. The van der Waals surface area contributed by atoms with Crippen LogP contribution in [-0.2, 0) is 0 Å². The van der Waals surface area contributed by atoms with Crippen molar-refractivity contribution in [1.29, 1.82) is 5.41 Å². The van der Waals surface area contributed by atoms with Crippen LogP contribution in [0.25, 0.3) is 10.6 Å². The van der Waals surface area contributed by atoms with E-state index in [2.05, 4.69) is 4.98 Å². The fourth-order valence-electron chi connectivity index (χ4n) is 1.04. The van der Waals surface area contributed by atoms with E-state index in [-0.39, 0.29) is 18.2 Å². The molecule has 2 aromatic rings. The van der Waals surface area contributed by atoms with Gasteiger partial charge in [0.15, 0.2) is 0 Å². The summed E-state index contributed by atoms with van der Waals surface area (Å²) in [5.74, 6) is 0.111. The quantitative estimate of drug-likeness (QED) is 0.631. The minimum absolute atomic E-state index is 0. The zero-order valence-corrected chi connectivity index (χ0v) is 9.51. The first-order valence-electron chi connectivity index (χ1n) is 3.61. The third kappa shape index (κ3) is 1.95. The smallest absolute Gasteiger partial charge is 0.133 e. The molecule has 3 N–H and O–H groups in total. The van der Waals surface area contributed by atoms with E-state index in [9.17, 15) is 0 Å². The number of nitrogens with zero attached hydrogens (tertiary/aromatic N) is 1. The van der Waals surface area contributed by atoms with Crippen molar-refractivity contribution in [2.24, 2.45) is 5.73 Å². The monoisotopic (exact) mass is 245 g/mol. The number of amidine groups is 1. The molecule has 0 spiro atoms. The molecule has 0 aromatic carbocycles. The van der Waals surface area contributed by atoms with Crippen LogP contribution in [0.5, 0.6) is 0 Å². The number of hydrogen-bond acceptors (Lipinski definition) is 4. The van der Waals surface area contributed by atoms with E-state index in [1.165, 1.54) is 11.3 Å². The maximum atomic E-state index is 7.36. The van der Waals surface area contributed by atoms with Crippen molar-refractivity contribution in [2.45, 2.75) is 0 Å². The highest BCUT2D eigenvalue weighted by Crippen LogP contribution is 2.29. The molecule has 0 aliphatic heterocycles. The van der Waals surface area contributed by atoms with E-state index in [1.54, 1.807) is 17.5 Å². The normalized spacial score (nSPS) is 9.43. The van der Waals surface area contributed by atoms with Crippen molar-refractivity contribution >= 4 is 40.9 Å². The van der Waals surface area contributed by atoms with Crippen LogP contribution in [0.1, 0.15) is 4.88 Å². The maximum Gasteiger partial charge on any atom is 0.133 e. The van der Waals surface area contributed by atoms with Crippen LogP contribution in [0.3, 0.4) is 0 Å². The molecule has 0 aliphatic rings. The van der Waals surface area contributed by atoms with Crippen molar-refractivity contribution in [3.05, 3.63) is 27.9 Å². The van der Waals surface area contributed by atoms with Crippen LogP contribution < -0.4 is 5.73 Å². The minimum Gasteiger partial charge on any atom is -0.383 e. The van der Waals surface area contributed by atoms with E-state index in [1.807, 2.05) is 16.8 Å². The third-order valence-corrected chi connectivity index (χ3v) is 3.33. The molecule has 0 amide bonds. The molecule has 0 saturated carbocycles. The second-order valence-electron chi connectivity index (χ2n) is 2.41. The summed E-state index contributed by atoms with van der Waals surface area (Å²) in [5.41, 5.74) is 6.40. The number of thiophene rings is 1. The Hall–Kier alpha value is -0.910. The number of nitrogens with two attached hydrogens (primary N) is 1. The van der Waals surface area contributed by atoms with Crippen LogP contribution in [0.15, 0.2) is 23.0 Å². The number of rotatable bonds is 2. The summed E-state index contributed by atoms with van der Waals surface area (Å²) in [6.45, 7) is 0. The molecule has 74 valence electrons. The first-order chi connectivity index (χ1) is 6.29. The largest absolute Gasteiger partial charge is 0.383 e. The molecule has 0 aliphatic carbocycles. The Labute approximate surface area is 95.5 Å². The van der Waals surface area contributed by atoms with Gasteiger partial charge in [0.05, 0.1) is 4.88 Å². The standard InChI is InChI=1S/C8H7N3S2.ClH/c9-7(10)6-5(1-3-12-6)8-11-2-4-13-8;/h1-4H,(H3,9,10);1H. The lowest BCUT2D eigenvalue weighted by Gasteiger charge is -1.96. The number of thiazole rings is 1. The van der Waals surface area contributed by atoms with Crippen LogP contribution in [0, 0.1) is 5.41 Å². The zero-order chi connectivity index (χ0) is 9.26. The molecule has 6 heteroatoms. The molecule has 2 heterocycles. The van der Waals surface area contributed by atoms with Gasteiger partial charge >= 0.3 is 0 Å². The van der Waals surface area contributed by atoms with Crippen LogP contribution in [0.4, 0.5) is 0 Å². The highest BCUT2D eigenvalue weighted by atomic mass is 35.5. The van der Waals surface area contributed by atoms with Gasteiger partial charge < -0.3 is 5.73 Å². The highest BCUT2D eigenvalue weighted by molar-refractivity contribution is 7.15. The first kappa shape index (κ1) is 11.2. The van der Waals surface area contributed by atoms with Gasteiger partial charge in [0, 0.05) is 17.1 Å². The SMILES string of the molecule is Cl.N=C(N)c1sccc1-c1nccs1. The molecule has 2 rings (SSSR count). The first-order valence-corrected chi connectivity index (χ1v) is 5.36. The Bertz CT molecular complexity index is 421. The molecule has 0 saturated heterocycles. The van der Waals surface area contributed by atoms with E-state index in [0.29, 0.717) is 0 Å². The molecule has 2 aromatic heterocycles. The molecule has 0 bridgehead atoms. The van der Waals surface area contributed by atoms with E-state index < -0.39 is 0 Å². The summed E-state index contributed by atoms with van der Waals surface area (Å²) >= 11 is 3.03. The maximum absolute atomic E-state index is 7.36. The summed E-state index contributed by atoms with van der Waals surface area (Å²) < 4.78 is 0. The average Bonchev–Trinajstić information content (AvgIpc) is 2.74. The lowest BCUT2D eigenvalue weighted by atomic mass is 10.2. The van der Waals surface area contributed by atoms with Gasteiger partial charge in [-0.25, -0.2) is 4.98 Å². The van der Waals surface area contributed by atoms with Gasteiger partial charge in [0.2, 0.25) is 0 Å². The topological polar surface area (TPSA) is 62.8 Å². The molecular formula is C8H8ClN3S2. The van der Waals surface area contributed by atoms with E-state index >= 15 is 0 Å². The predicted molar refractivity (Wildman–Crippen MR) is 63.7 cm³/mol. The summed E-state index contributed by atoms with van der Waals surface area (Å²) in [5, 5.41) is 12.1. The Kier molecular flexibility index (Phi) is 3.62. The van der Waals surface area contributed by atoms with Gasteiger partial charge in [-0.3, -0.25) is 5.41 Å². The average molecular weight is 246 g/mol. The Balaban J connectivity index is 0.000000980. The molecule has 0 atom stereocenters. The molecule has 0 fully saturated rings. The van der Waals surface area contributed by atoms with Gasteiger partial charge in [0.25, 0.3) is 0 Å². The van der Waals surface area contributed by atoms with Crippen molar-refractivity contribution < 1.29 is 0 Å². The van der Waals surface area contributed by atoms with E-state index in [4.69, 9.17) is 11.1 Å². The Morgan fingerprint density at radius 3 is 2.71 bits per heavy atom. The van der Waals surface area contributed by atoms with Gasteiger partial charge in [-0.05, 0) is 11.4 Å². The number of aromatic nitrogens is 1. The van der Waals surface area contributed by atoms with Crippen LogP contribution in [-0.4, -0.2) is 10.8 Å². The molecule has 0 unspecified atom stereocenters. The summed E-state index contributed by atoms with van der Waals surface area (Å²) in [7, 11) is 0. The Morgan fingerprint density at radius 1 is 1.36 bits per heavy atom. The van der Waals surface area contributed by atoms with Gasteiger partial charge in [-0.2, -0.15) is 0 Å². The van der Waals surface area contributed by atoms with Crippen LogP contribution >= 0.6 is 35.1 Å². The molecular weight excluding hydrogens is 238 g/mol. The fraction of sp³-hybridized carbons (Fsp3) is 0. The highest BCUT2D eigenvalue weighted by Gasteiger charge is 2.10. The number of nitrogen functional groups attached to an aromatic ring is 1. The summed E-state index contributed by atoms with van der Waals surface area (Å²) in [4.78, 5) is 4.98. The molecule has 0 radical (unpaired) electrons. The zero-order valence-electron chi connectivity index (χ0n) is 7.06. The molecule has 3 nitrogen and oxygen atoms in total. The number of halogens is 1. The van der Waals surface area contributed by atoms with Crippen molar-refractivity contribution in [3.63, 3.8) is 0 Å².